The van der Waals surface area contributed by atoms with Gasteiger partial charge in [-0.1, -0.05) is 298 Å². The van der Waals surface area contributed by atoms with Gasteiger partial charge in [0.25, 0.3) is 0 Å². The zero-order valence-corrected chi connectivity index (χ0v) is 44.2. The largest absolute Gasteiger partial charge is 0.481 e. The molecule has 0 saturated heterocycles. The normalized spacial score (nSPS) is 12.0. The van der Waals surface area contributed by atoms with Gasteiger partial charge in [-0.05, 0) is 37.5 Å². The number of ether oxygens (including phenoxy) is 1. The highest BCUT2D eigenvalue weighted by Crippen LogP contribution is 2.24. The summed E-state index contributed by atoms with van der Waals surface area (Å²) in [5.74, 6) is 0.901. The van der Waals surface area contributed by atoms with Gasteiger partial charge < -0.3 is 14.9 Å². The minimum Gasteiger partial charge on any atom is -0.481 e. The van der Waals surface area contributed by atoms with Crippen LogP contribution in [0.2, 0.25) is 0 Å². The van der Waals surface area contributed by atoms with Gasteiger partial charge in [0.2, 0.25) is 0 Å². The van der Waals surface area contributed by atoms with Crippen molar-refractivity contribution in [3.8, 4) is 0 Å². The van der Waals surface area contributed by atoms with Crippen molar-refractivity contribution in [1.82, 2.24) is 0 Å². The molecular weight excluding hydrogens is 777 g/mol. The quantitative estimate of drug-likeness (QED) is 0.0469. The lowest BCUT2D eigenvalue weighted by molar-refractivity contribution is -0.144. The Morgan fingerprint density at radius 3 is 0.873 bits per heavy atom. The summed E-state index contributed by atoms with van der Waals surface area (Å²) in [4.78, 5) is 22.0. The zero-order chi connectivity index (χ0) is 47.0. The van der Waals surface area contributed by atoms with E-state index in [1.807, 2.05) is 0 Å². The van der Waals surface area contributed by atoms with Crippen LogP contribution in [0.1, 0.15) is 337 Å². The average Bonchev–Trinajstić information content (AvgIpc) is 3.27. The molecule has 380 valence electrons. The van der Waals surface area contributed by atoms with Crippen LogP contribution in [-0.2, 0) is 14.3 Å². The summed E-state index contributed by atoms with van der Waals surface area (Å²) in [5.41, 5.74) is 0. The Bertz CT molecular complexity index is 830. The number of aliphatic hydroxyl groups excluding tert-OH is 1. The third kappa shape index (κ3) is 63.0. The molecule has 0 bridgehead atoms. The van der Waals surface area contributed by atoms with Crippen LogP contribution in [-0.4, -0.2) is 35.4 Å². The van der Waals surface area contributed by atoms with Crippen LogP contribution in [0, 0.1) is 11.8 Å². The summed E-state index contributed by atoms with van der Waals surface area (Å²) in [5, 5.41) is 17.5. The Balaban J connectivity index is -0.000000972. The number of aliphatic hydroxyl groups is 1. The van der Waals surface area contributed by atoms with Crippen LogP contribution in [0.15, 0.2) is 0 Å². The molecule has 0 aliphatic rings. The highest BCUT2D eigenvalue weighted by molar-refractivity contribution is 5.69. The molecule has 2 unspecified atom stereocenters. The van der Waals surface area contributed by atoms with Gasteiger partial charge in [-0.3, -0.25) is 9.59 Å². The number of unbranched alkanes of at least 4 members (excludes halogenated alkanes) is 32. The lowest BCUT2D eigenvalue weighted by Gasteiger charge is -2.17. The average molecular weight is 896 g/mol. The van der Waals surface area contributed by atoms with E-state index < -0.39 is 5.97 Å². The van der Waals surface area contributed by atoms with Gasteiger partial charge in [-0.25, -0.2) is 0 Å². The van der Waals surface area contributed by atoms with E-state index in [2.05, 4.69) is 41.5 Å². The lowest BCUT2D eigenvalue weighted by atomic mass is 9.91. The molecular formula is C58H118O5. The first-order valence-electron chi connectivity index (χ1n) is 28.8. The van der Waals surface area contributed by atoms with Gasteiger partial charge >= 0.3 is 11.9 Å². The van der Waals surface area contributed by atoms with Crippen LogP contribution in [0.4, 0.5) is 0 Å². The van der Waals surface area contributed by atoms with E-state index in [-0.39, 0.29) is 5.97 Å². The van der Waals surface area contributed by atoms with Crippen molar-refractivity contribution < 1.29 is 24.5 Å². The van der Waals surface area contributed by atoms with Crippen LogP contribution in [0.5, 0.6) is 0 Å². The molecule has 0 aromatic rings. The van der Waals surface area contributed by atoms with Gasteiger partial charge in [0.1, 0.15) is 0 Å². The fourth-order valence-electron chi connectivity index (χ4n) is 8.77. The van der Waals surface area contributed by atoms with Crippen molar-refractivity contribution in [3.63, 3.8) is 0 Å². The monoisotopic (exact) mass is 895 g/mol. The molecule has 63 heavy (non-hydrogen) atoms. The highest BCUT2D eigenvalue weighted by Gasteiger charge is 2.11. The number of aliphatic carboxylic acids is 1. The van der Waals surface area contributed by atoms with Gasteiger partial charge in [0, 0.05) is 19.4 Å². The molecule has 0 amide bonds. The molecule has 0 fully saturated rings. The van der Waals surface area contributed by atoms with Crippen LogP contribution < -0.4 is 0 Å². The summed E-state index contributed by atoms with van der Waals surface area (Å²) in [6, 6.07) is 0. The van der Waals surface area contributed by atoms with Crippen molar-refractivity contribution in [2.75, 3.05) is 13.2 Å². The second-order valence-corrected chi connectivity index (χ2v) is 19.6. The van der Waals surface area contributed by atoms with Crippen molar-refractivity contribution in [1.29, 1.82) is 0 Å². The van der Waals surface area contributed by atoms with E-state index in [9.17, 15) is 14.7 Å². The predicted molar refractivity (Wildman–Crippen MR) is 279 cm³/mol. The highest BCUT2D eigenvalue weighted by atomic mass is 16.5. The SMILES string of the molecule is CCCCCCCC(=O)O.CCCCCCCCCCC(CCCCCCCC)CCOC(=O)CCCCCCC.CCCCCCCCCCC(CCO)CCCCCCCC. The second-order valence-electron chi connectivity index (χ2n) is 19.6. The number of rotatable bonds is 49. The molecule has 5 nitrogen and oxygen atoms in total. The maximum absolute atomic E-state index is 12.0. The van der Waals surface area contributed by atoms with Gasteiger partial charge in [0.15, 0.2) is 0 Å². The summed E-state index contributed by atoms with van der Waals surface area (Å²) >= 11 is 0. The molecule has 0 radical (unpaired) electrons. The first-order chi connectivity index (χ1) is 30.9. The molecule has 0 heterocycles. The Morgan fingerprint density at radius 1 is 0.333 bits per heavy atom. The van der Waals surface area contributed by atoms with E-state index >= 15 is 0 Å². The molecule has 0 aliphatic heterocycles. The summed E-state index contributed by atoms with van der Waals surface area (Å²) < 4.78 is 5.58. The lowest BCUT2D eigenvalue weighted by Crippen LogP contribution is -2.10. The Labute approximate surface area is 397 Å². The molecule has 5 heteroatoms. The first-order valence-corrected chi connectivity index (χ1v) is 28.8. The minimum absolute atomic E-state index is 0.0295. The van der Waals surface area contributed by atoms with Gasteiger partial charge in [0.05, 0.1) is 6.61 Å². The van der Waals surface area contributed by atoms with E-state index in [0.29, 0.717) is 26.1 Å². The second kappa shape index (κ2) is 60.9. The zero-order valence-electron chi connectivity index (χ0n) is 44.2. The van der Waals surface area contributed by atoms with E-state index in [0.717, 1.165) is 43.9 Å². The summed E-state index contributed by atoms with van der Waals surface area (Å²) in [7, 11) is 0. The van der Waals surface area contributed by atoms with E-state index in [1.165, 1.54) is 250 Å². The molecule has 0 aliphatic carbocycles. The third-order valence-corrected chi connectivity index (χ3v) is 13.2. The number of hydrogen-bond acceptors (Lipinski definition) is 4. The molecule has 2 atom stereocenters. The fraction of sp³-hybridized carbons (Fsp3) is 0.966. The molecule has 2 N–H and O–H groups in total. The standard InChI is InChI=1S/C29H58O2.C21H44O.C8H16O2/c1-4-7-10-13-15-16-19-21-24-28(23-20-18-14-11-8-5-2)26-27-31-29(30)25-22-17-12-9-6-3;1-3-5-7-9-11-12-14-16-18-21(19-20-22)17-15-13-10-8-6-4-2;1-2-3-4-5-6-7-8(9)10/h28H,4-27H2,1-3H3;21-22H,3-20H2,1-2H3;2-7H2,1H3,(H,9,10). The first kappa shape index (κ1) is 66.2. The van der Waals surface area contributed by atoms with Gasteiger partial charge in [-0.2, -0.15) is 0 Å². The molecule has 0 aromatic carbocycles. The van der Waals surface area contributed by atoms with Crippen molar-refractivity contribution in [2.24, 2.45) is 11.8 Å². The van der Waals surface area contributed by atoms with Crippen molar-refractivity contribution in [3.05, 3.63) is 0 Å². The van der Waals surface area contributed by atoms with E-state index in [4.69, 9.17) is 9.84 Å². The summed E-state index contributed by atoms with van der Waals surface area (Å²) in [6.45, 7) is 14.5. The third-order valence-electron chi connectivity index (χ3n) is 13.2. The van der Waals surface area contributed by atoms with Crippen LogP contribution in [0.25, 0.3) is 0 Å². The molecule has 0 aromatic heterocycles. The Kier molecular flexibility index (Phi) is 64.0. The molecule has 0 spiro atoms. The molecule has 0 rings (SSSR count). The summed E-state index contributed by atoms with van der Waals surface area (Å²) in [6.07, 6.45) is 58.9. The fourth-order valence-corrected chi connectivity index (χ4v) is 8.77. The number of hydrogen-bond donors (Lipinski definition) is 2. The van der Waals surface area contributed by atoms with Crippen molar-refractivity contribution in [2.45, 2.75) is 337 Å². The number of esters is 1. The van der Waals surface area contributed by atoms with Crippen LogP contribution >= 0.6 is 0 Å². The number of carbonyl (C=O) groups is 2. The predicted octanol–water partition coefficient (Wildman–Crippen LogP) is 19.9. The van der Waals surface area contributed by atoms with Crippen LogP contribution in [0.3, 0.4) is 0 Å². The maximum Gasteiger partial charge on any atom is 0.305 e. The number of carboxylic acid groups (broad SMARTS) is 1. The maximum atomic E-state index is 12.0. The van der Waals surface area contributed by atoms with Crippen molar-refractivity contribution >= 4 is 11.9 Å². The smallest absolute Gasteiger partial charge is 0.305 e. The van der Waals surface area contributed by atoms with Gasteiger partial charge in [-0.15, -0.1) is 0 Å². The Hall–Kier alpha value is -1.10. The number of carbonyl (C=O) groups excluding carboxylic acids is 1. The molecule has 0 saturated carbocycles. The number of carboxylic acids is 1. The van der Waals surface area contributed by atoms with E-state index in [1.54, 1.807) is 0 Å². The Morgan fingerprint density at radius 2 is 0.587 bits per heavy atom. The minimum atomic E-state index is -0.670. The topological polar surface area (TPSA) is 83.8 Å².